The van der Waals surface area contributed by atoms with Crippen LogP contribution in [0.3, 0.4) is 0 Å². The standard InChI is InChI=1S/C8H10N2OS/c1-2-5-9-10-8(11)7-4-3-6-12-7/h3-6H,2H2,1H3,(H,10,11)/b9-5+. The Balaban J connectivity index is 2.45. The van der Waals surface area contributed by atoms with Crippen molar-refractivity contribution in [3.05, 3.63) is 22.4 Å². The monoisotopic (exact) mass is 182 g/mol. The first-order valence-electron chi connectivity index (χ1n) is 3.70. The van der Waals surface area contributed by atoms with Crippen LogP contribution in [-0.2, 0) is 0 Å². The highest BCUT2D eigenvalue weighted by Gasteiger charge is 2.02. The Morgan fingerprint density at radius 3 is 3.25 bits per heavy atom. The summed E-state index contributed by atoms with van der Waals surface area (Å²) in [7, 11) is 0. The van der Waals surface area contributed by atoms with E-state index in [0.717, 1.165) is 6.42 Å². The maximum absolute atomic E-state index is 11.2. The van der Waals surface area contributed by atoms with E-state index in [-0.39, 0.29) is 5.91 Å². The lowest BCUT2D eigenvalue weighted by atomic mass is 10.4. The fraction of sp³-hybridized carbons (Fsp3) is 0.250. The lowest BCUT2D eigenvalue weighted by Crippen LogP contribution is -2.15. The van der Waals surface area contributed by atoms with Gasteiger partial charge in [-0.2, -0.15) is 5.10 Å². The highest BCUT2D eigenvalue weighted by molar-refractivity contribution is 7.12. The van der Waals surface area contributed by atoms with Gasteiger partial charge in [0.25, 0.3) is 5.91 Å². The fourth-order valence-corrected chi connectivity index (χ4v) is 1.27. The Hall–Kier alpha value is -1.16. The molecule has 0 aliphatic heterocycles. The molecule has 0 aromatic carbocycles. The molecule has 1 amide bonds. The van der Waals surface area contributed by atoms with E-state index in [9.17, 15) is 4.79 Å². The Morgan fingerprint density at radius 1 is 1.83 bits per heavy atom. The number of amides is 1. The van der Waals surface area contributed by atoms with E-state index in [1.807, 2.05) is 18.4 Å². The third-order valence-electron chi connectivity index (χ3n) is 1.18. The molecule has 0 radical (unpaired) electrons. The fourth-order valence-electron chi connectivity index (χ4n) is 0.658. The van der Waals surface area contributed by atoms with Gasteiger partial charge in [0, 0.05) is 6.21 Å². The molecular weight excluding hydrogens is 172 g/mol. The average Bonchev–Trinajstić information content (AvgIpc) is 2.56. The van der Waals surface area contributed by atoms with Gasteiger partial charge in [-0.25, -0.2) is 5.43 Å². The predicted molar refractivity (Wildman–Crippen MR) is 50.6 cm³/mol. The average molecular weight is 182 g/mol. The van der Waals surface area contributed by atoms with Gasteiger partial charge >= 0.3 is 0 Å². The van der Waals surface area contributed by atoms with Gasteiger partial charge < -0.3 is 0 Å². The van der Waals surface area contributed by atoms with E-state index in [4.69, 9.17) is 0 Å². The molecule has 12 heavy (non-hydrogen) atoms. The van der Waals surface area contributed by atoms with Crippen molar-refractivity contribution in [2.75, 3.05) is 0 Å². The van der Waals surface area contributed by atoms with E-state index < -0.39 is 0 Å². The summed E-state index contributed by atoms with van der Waals surface area (Å²) < 4.78 is 0. The van der Waals surface area contributed by atoms with E-state index in [1.165, 1.54) is 11.3 Å². The zero-order valence-corrected chi connectivity index (χ0v) is 7.60. The molecule has 0 atom stereocenters. The van der Waals surface area contributed by atoms with Crippen molar-refractivity contribution in [3.63, 3.8) is 0 Å². The van der Waals surface area contributed by atoms with Crippen molar-refractivity contribution in [2.24, 2.45) is 5.10 Å². The van der Waals surface area contributed by atoms with Crippen LogP contribution in [0, 0.1) is 0 Å². The van der Waals surface area contributed by atoms with Crippen molar-refractivity contribution in [1.82, 2.24) is 5.43 Å². The number of rotatable bonds is 3. The zero-order valence-electron chi connectivity index (χ0n) is 6.78. The summed E-state index contributed by atoms with van der Waals surface area (Å²) in [4.78, 5) is 11.8. The molecule has 1 aromatic heterocycles. The maximum atomic E-state index is 11.2. The van der Waals surface area contributed by atoms with Gasteiger partial charge in [-0.15, -0.1) is 11.3 Å². The van der Waals surface area contributed by atoms with E-state index in [2.05, 4.69) is 10.5 Å². The number of carbonyl (C=O) groups is 1. The molecule has 4 heteroatoms. The Bertz CT molecular complexity index is 267. The zero-order chi connectivity index (χ0) is 8.81. The van der Waals surface area contributed by atoms with Gasteiger partial charge in [0.15, 0.2) is 0 Å². The van der Waals surface area contributed by atoms with E-state index in [0.29, 0.717) is 4.88 Å². The molecule has 0 saturated carbocycles. The first kappa shape index (κ1) is 8.93. The molecule has 1 heterocycles. The van der Waals surface area contributed by atoms with Crippen molar-refractivity contribution >= 4 is 23.5 Å². The molecule has 0 aliphatic rings. The van der Waals surface area contributed by atoms with Gasteiger partial charge in [0.2, 0.25) is 0 Å². The molecule has 0 bridgehead atoms. The van der Waals surface area contributed by atoms with Gasteiger partial charge in [-0.1, -0.05) is 13.0 Å². The number of nitrogens with one attached hydrogen (secondary N) is 1. The van der Waals surface area contributed by atoms with Crippen molar-refractivity contribution < 1.29 is 4.79 Å². The molecule has 0 fully saturated rings. The molecule has 64 valence electrons. The van der Waals surface area contributed by atoms with E-state index in [1.54, 1.807) is 12.3 Å². The molecule has 3 nitrogen and oxygen atoms in total. The number of hydrogen-bond donors (Lipinski definition) is 1. The number of carbonyl (C=O) groups excluding carboxylic acids is 1. The number of hydrazone groups is 1. The number of thiophene rings is 1. The van der Waals surface area contributed by atoms with Gasteiger partial charge in [0.1, 0.15) is 0 Å². The topological polar surface area (TPSA) is 41.5 Å². The second kappa shape index (κ2) is 4.66. The number of hydrogen-bond acceptors (Lipinski definition) is 3. The largest absolute Gasteiger partial charge is 0.281 e. The van der Waals surface area contributed by atoms with Crippen molar-refractivity contribution in [2.45, 2.75) is 13.3 Å². The molecular formula is C8H10N2OS. The third kappa shape index (κ3) is 2.47. The Morgan fingerprint density at radius 2 is 2.67 bits per heavy atom. The van der Waals surface area contributed by atoms with Crippen LogP contribution >= 0.6 is 11.3 Å². The second-order valence-corrected chi connectivity index (χ2v) is 3.09. The van der Waals surface area contributed by atoms with Gasteiger partial charge in [-0.05, 0) is 17.9 Å². The quantitative estimate of drug-likeness (QED) is 0.562. The summed E-state index contributed by atoms with van der Waals surface area (Å²) in [5.74, 6) is -0.144. The normalized spacial score (nSPS) is 10.4. The minimum atomic E-state index is -0.144. The maximum Gasteiger partial charge on any atom is 0.281 e. The highest BCUT2D eigenvalue weighted by atomic mass is 32.1. The molecule has 1 aromatic rings. The van der Waals surface area contributed by atoms with E-state index >= 15 is 0 Å². The van der Waals surface area contributed by atoms with Gasteiger partial charge in [0.05, 0.1) is 4.88 Å². The SMILES string of the molecule is CC/C=N/NC(=O)c1cccs1. The summed E-state index contributed by atoms with van der Waals surface area (Å²) in [6.45, 7) is 1.96. The van der Waals surface area contributed by atoms with Crippen molar-refractivity contribution in [1.29, 1.82) is 0 Å². The molecule has 0 aliphatic carbocycles. The van der Waals surface area contributed by atoms with Gasteiger partial charge in [-0.3, -0.25) is 4.79 Å². The smallest absolute Gasteiger partial charge is 0.266 e. The Kier molecular flexibility index (Phi) is 3.47. The predicted octanol–water partition coefficient (Wildman–Crippen LogP) is 1.87. The summed E-state index contributed by atoms with van der Waals surface area (Å²) in [5.41, 5.74) is 2.43. The van der Waals surface area contributed by atoms with Crippen LogP contribution in [0.2, 0.25) is 0 Å². The lowest BCUT2D eigenvalue weighted by Gasteiger charge is -1.93. The van der Waals surface area contributed by atoms with Crippen LogP contribution in [0.25, 0.3) is 0 Å². The minimum Gasteiger partial charge on any atom is -0.266 e. The molecule has 1 rings (SSSR count). The molecule has 0 spiro atoms. The van der Waals surface area contributed by atoms with Crippen LogP contribution in [0.15, 0.2) is 22.6 Å². The minimum absolute atomic E-state index is 0.144. The van der Waals surface area contributed by atoms with Crippen molar-refractivity contribution in [3.8, 4) is 0 Å². The summed E-state index contributed by atoms with van der Waals surface area (Å²) in [6.07, 6.45) is 2.48. The van der Waals surface area contributed by atoms with Crippen LogP contribution in [0.1, 0.15) is 23.0 Å². The highest BCUT2D eigenvalue weighted by Crippen LogP contribution is 2.07. The summed E-state index contributed by atoms with van der Waals surface area (Å²) in [5, 5.41) is 5.59. The molecule has 0 saturated heterocycles. The first-order chi connectivity index (χ1) is 5.84. The van der Waals surface area contributed by atoms with Crippen LogP contribution in [-0.4, -0.2) is 12.1 Å². The van der Waals surface area contributed by atoms with Crippen LogP contribution < -0.4 is 5.43 Å². The van der Waals surface area contributed by atoms with Crippen LogP contribution in [0.5, 0.6) is 0 Å². The molecule has 1 N–H and O–H groups in total. The lowest BCUT2D eigenvalue weighted by molar-refractivity contribution is 0.0959. The first-order valence-corrected chi connectivity index (χ1v) is 4.58. The Labute approximate surface area is 75.1 Å². The second-order valence-electron chi connectivity index (χ2n) is 2.14. The summed E-state index contributed by atoms with van der Waals surface area (Å²) >= 11 is 1.40. The number of nitrogens with zero attached hydrogens (tertiary/aromatic N) is 1. The molecule has 0 unspecified atom stereocenters. The third-order valence-corrected chi connectivity index (χ3v) is 2.05. The summed E-state index contributed by atoms with van der Waals surface area (Å²) in [6, 6.07) is 3.60. The van der Waals surface area contributed by atoms with Crippen LogP contribution in [0.4, 0.5) is 0 Å².